The highest BCUT2D eigenvalue weighted by Gasteiger charge is 2.34. The molecule has 0 saturated carbocycles. The molecule has 1 aliphatic rings. The Kier molecular flexibility index (Phi) is 9.18. The molecule has 0 spiro atoms. The van der Waals surface area contributed by atoms with Crippen LogP contribution in [0.5, 0.6) is 11.5 Å². The number of aromatic hydroxyl groups is 2. The Balaban J connectivity index is 1.44. The molecular weight excluding hydrogens is 526 g/mol. The van der Waals surface area contributed by atoms with Gasteiger partial charge in [0.25, 0.3) is 0 Å². The summed E-state index contributed by atoms with van der Waals surface area (Å²) >= 11 is 0. The Morgan fingerprint density at radius 1 is 1.07 bits per heavy atom. The molecule has 3 amide bonds. The number of ether oxygens (including phenoxy) is 1. The van der Waals surface area contributed by atoms with Crippen LogP contribution in [0, 0.1) is 0 Å². The van der Waals surface area contributed by atoms with E-state index in [9.17, 15) is 24.6 Å². The lowest BCUT2D eigenvalue weighted by Crippen LogP contribution is -2.59. The van der Waals surface area contributed by atoms with E-state index >= 15 is 0 Å². The van der Waals surface area contributed by atoms with Crippen molar-refractivity contribution in [3.05, 3.63) is 77.6 Å². The lowest BCUT2D eigenvalue weighted by atomic mass is 10.00. The number of phenolic OH excluding ortho intramolecular Hbond substituents is 2. The fraction of sp³-hybridized carbons (Fsp3) is 0.367. The second-order valence-corrected chi connectivity index (χ2v) is 10.9. The molecule has 0 bridgehead atoms. The highest BCUT2D eigenvalue weighted by Crippen LogP contribution is 2.23. The highest BCUT2D eigenvalue weighted by molar-refractivity contribution is 5.95. The van der Waals surface area contributed by atoms with Crippen molar-refractivity contribution < 1.29 is 33.8 Å². The predicted molar refractivity (Wildman–Crippen MR) is 153 cm³/mol. The van der Waals surface area contributed by atoms with Crippen molar-refractivity contribution in [3.63, 3.8) is 0 Å². The van der Waals surface area contributed by atoms with Gasteiger partial charge in [-0.05, 0) is 48.7 Å². The minimum absolute atomic E-state index is 0.0949. The van der Waals surface area contributed by atoms with Crippen LogP contribution in [0.1, 0.15) is 34.5 Å². The largest absolute Gasteiger partial charge is 0.508 e. The van der Waals surface area contributed by atoms with Crippen molar-refractivity contribution in [2.75, 3.05) is 32.6 Å². The van der Waals surface area contributed by atoms with Crippen LogP contribution in [0.15, 0.2) is 60.8 Å². The molecule has 11 heteroatoms. The first-order valence-electron chi connectivity index (χ1n) is 13.6. The summed E-state index contributed by atoms with van der Waals surface area (Å²) in [7, 11) is 5.08. The number of hydrogen-bond donors (Lipinski definition) is 5. The van der Waals surface area contributed by atoms with Gasteiger partial charge in [-0.25, -0.2) is 9.59 Å². The summed E-state index contributed by atoms with van der Waals surface area (Å²) in [5.74, 6) is -0.508. The molecule has 1 saturated heterocycles. The number of benzene rings is 2. The number of likely N-dealkylation sites (N-methyl/N-ethyl adjacent to an activating group) is 1. The summed E-state index contributed by atoms with van der Waals surface area (Å²) in [5, 5.41) is 28.1. The number of carbonyl (C=O) groups is 3. The zero-order chi connectivity index (χ0) is 29.6. The summed E-state index contributed by atoms with van der Waals surface area (Å²) < 4.78 is 7.01. The molecule has 5 N–H and O–H groups in total. The van der Waals surface area contributed by atoms with Crippen molar-refractivity contribution in [2.45, 2.75) is 37.9 Å². The Morgan fingerprint density at radius 3 is 2.54 bits per heavy atom. The molecule has 41 heavy (non-hydrogen) atoms. The topological polar surface area (TPSA) is 142 Å². The molecule has 3 aromatic rings. The van der Waals surface area contributed by atoms with E-state index in [4.69, 9.17) is 4.74 Å². The van der Waals surface area contributed by atoms with Crippen LogP contribution >= 0.6 is 0 Å². The average molecular weight is 565 g/mol. The van der Waals surface area contributed by atoms with E-state index in [1.54, 1.807) is 37.5 Å². The van der Waals surface area contributed by atoms with Gasteiger partial charge in [0.05, 0.1) is 39.0 Å². The minimum atomic E-state index is -0.893. The van der Waals surface area contributed by atoms with E-state index in [-0.39, 0.29) is 35.6 Å². The van der Waals surface area contributed by atoms with Gasteiger partial charge in [-0.3, -0.25) is 4.79 Å². The third-order valence-electron chi connectivity index (χ3n) is 7.39. The molecule has 2 aromatic carbocycles. The van der Waals surface area contributed by atoms with Gasteiger partial charge in [-0.15, -0.1) is 0 Å². The smallest absolute Gasteiger partial charge is 0.354 e. The maximum Gasteiger partial charge on any atom is 0.354 e. The molecular formula is C30H38N5O6+. The zero-order valence-corrected chi connectivity index (χ0v) is 23.6. The number of rotatable bonds is 9. The second-order valence-electron chi connectivity index (χ2n) is 10.9. The average Bonchev–Trinajstić information content (AvgIpc) is 3.28. The van der Waals surface area contributed by atoms with Crippen LogP contribution in [-0.4, -0.2) is 76.5 Å². The van der Waals surface area contributed by atoms with Crippen molar-refractivity contribution in [1.29, 1.82) is 0 Å². The quantitative estimate of drug-likeness (QED) is 0.200. The monoisotopic (exact) mass is 564 g/mol. The SMILES string of the molecule is COC(=O)c1cc(NC(=O)N[C@@H](Cc2ccc(O)cc2)C(=O)N[C@H]2CCC[N+](C)(Cc3cccc(O)c3)C2)cn1C. The van der Waals surface area contributed by atoms with Gasteiger partial charge in [0, 0.05) is 25.2 Å². The zero-order valence-electron chi connectivity index (χ0n) is 23.6. The first-order valence-corrected chi connectivity index (χ1v) is 13.6. The maximum absolute atomic E-state index is 13.6. The normalized spacial score (nSPS) is 19.1. The fourth-order valence-corrected chi connectivity index (χ4v) is 5.44. The van der Waals surface area contributed by atoms with E-state index in [0.29, 0.717) is 16.7 Å². The van der Waals surface area contributed by atoms with Crippen LogP contribution in [0.2, 0.25) is 0 Å². The lowest BCUT2D eigenvalue weighted by molar-refractivity contribution is -0.927. The number of esters is 1. The number of amides is 3. The number of carbonyl (C=O) groups excluding carboxylic acids is 3. The van der Waals surface area contributed by atoms with E-state index in [1.807, 2.05) is 12.1 Å². The molecule has 1 aliphatic heterocycles. The molecule has 4 rings (SSSR count). The first-order chi connectivity index (χ1) is 19.5. The van der Waals surface area contributed by atoms with Crippen molar-refractivity contribution in [1.82, 2.24) is 15.2 Å². The van der Waals surface area contributed by atoms with Gasteiger partial charge >= 0.3 is 12.0 Å². The molecule has 218 valence electrons. The van der Waals surface area contributed by atoms with E-state index in [2.05, 4.69) is 23.0 Å². The van der Waals surface area contributed by atoms with Crippen molar-refractivity contribution in [3.8, 4) is 11.5 Å². The summed E-state index contributed by atoms with van der Waals surface area (Å²) in [6.07, 6.45) is 3.53. The standard InChI is InChI=1S/C30H37N5O6/c1-34-17-23(16-27(34)29(39)41-3)32-30(40)33-26(15-20-9-11-24(36)12-10-20)28(38)31-22-7-5-13-35(2,19-22)18-21-6-4-8-25(37)14-21/h4,6,8-12,14,16-17,22,26H,5,7,13,15,18-19H2,1-3H3,(H4-,31,32,33,36,37,38,40)/p+1/t22-,26-,35?/m0/s1. The molecule has 0 radical (unpaired) electrons. The number of anilines is 1. The second kappa shape index (κ2) is 12.8. The Labute approximate surface area is 239 Å². The number of aromatic nitrogens is 1. The molecule has 1 unspecified atom stereocenters. The number of hydrogen-bond acceptors (Lipinski definition) is 6. The van der Waals surface area contributed by atoms with Gasteiger partial charge in [0.15, 0.2) is 0 Å². The van der Waals surface area contributed by atoms with E-state index in [1.165, 1.54) is 29.9 Å². The minimum Gasteiger partial charge on any atom is -0.508 e. The molecule has 11 nitrogen and oxygen atoms in total. The number of piperidine rings is 1. The highest BCUT2D eigenvalue weighted by atomic mass is 16.5. The van der Waals surface area contributed by atoms with Crippen LogP contribution < -0.4 is 16.0 Å². The summed E-state index contributed by atoms with van der Waals surface area (Å²) in [6, 6.07) is 13.6. The molecule has 1 aromatic heterocycles. The number of methoxy groups -OCH3 is 1. The summed E-state index contributed by atoms with van der Waals surface area (Å²) in [5.41, 5.74) is 2.44. The first kappa shape index (κ1) is 29.5. The van der Waals surface area contributed by atoms with Crippen molar-refractivity contribution >= 4 is 23.6 Å². The molecule has 2 heterocycles. The maximum atomic E-state index is 13.6. The third-order valence-corrected chi connectivity index (χ3v) is 7.39. The van der Waals surface area contributed by atoms with Crippen LogP contribution in [0.3, 0.4) is 0 Å². The number of aryl methyl sites for hydroxylation is 1. The predicted octanol–water partition coefficient (Wildman–Crippen LogP) is 2.88. The van der Waals surface area contributed by atoms with Crippen LogP contribution in [0.25, 0.3) is 0 Å². The van der Waals surface area contributed by atoms with Crippen LogP contribution in [-0.2, 0) is 29.5 Å². The van der Waals surface area contributed by atoms with Gasteiger partial charge in [0.1, 0.15) is 29.8 Å². The Morgan fingerprint density at radius 2 is 1.83 bits per heavy atom. The molecule has 3 atom stereocenters. The number of quaternary nitrogens is 1. The van der Waals surface area contributed by atoms with Gasteiger partial charge in [-0.2, -0.15) is 0 Å². The number of urea groups is 1. The molecule has 1 fully saturated rings. The fourth-order valence-electron chi connectivity index (χ4n) is 5.44. The number of phenols is 2. The summed E-state index contributed by atoms with van der Waals surface area (Å²) in [4.78, 5) is 38.5. The Bertz CT molecular complexity index is 1390. The van der Waals surface area contributed by atoms with Gasteiger partial charge < -0.3 is 40.0 Å². The number of nitrogens with one attached hydrogen (secondary N) is 3. The lowest BCUT2D eigenvalue weighted by Gasteiger charge is -2.42. The third kappa shape index (κ3) is 8.01. The number of likely N-dealkylation sites (tertiary alicyclic amines) is 1. The van der Waals surface area contributed by atoms with E-state index < -0.39 is 18.0 Å². The van der Waals surface area contributed by atoms with Gasteiger partial charge in [0.2, 0.25) is 5.91 Å². The van der Waals surface area contributed by atoms with Crippen LogP contribution in [0.4, 0.5) is 10.5 Å². The number of nitrogens with zero attached hydrogens (tertiary/aromatic N) is 2. The Hall–Kier alpha value is -4.51. The summed E-state index contributed by atoms with van der Waals surface area (Å²) in [6.45, 7) is 2.38. The van der Waals surface area contributed by atoms with Gasteiger partial charge in [-0.1, -0.05) is 24.3 Å². The molecule has 0 aliphatic carbocycles. The van der Waals surface area contributed by atoms with Crippen molar-refractivity contribution in [2.24, 2.45) is 7.05 Å². The van der Waals surface area contributed by atoms with E-state index in [0.717, 1.165) is 37.1 Å².